The number of hydrogen-bond acceptors (Lipinski definition) is 4. The Labute approximate surface area is 205 Å². The van der Waals surface area contributed by atoms with Gasteiger partial charge in [-0.25, -0.2) is 4.79 Å². The summed E-state index contributed by atoms with van der Waals surface area (Å²) in [5.74, 6) is -1.17. The highest BCUT2D eigenvalue weighted by atomic mass is 16.5. The number of carbonyl (C=O) groups is 3. The van der Waals surface area contributed by atoms with E-state index in [1.807, 2.05) is 36.4 Å². The average molecular weight is 477 g/mol. The molecule has 2 amide bonds. The molecule has 2 fully saturated rings. The third-order valence-electron chi connectivity index (χ3n) is 8.06. The lowest BCUT2D eigenvalue weighted by atomic mass is 9.80. The van der Waals surface area contributed by atoms with Crippen molar-refractivity contribution in [3.8, 4) is 11.1 Å². The van der Waals surface area contributed by atoms with Gasteiger partial charge in [0, 0.05) is 18.5 Å². The number of benzene rings is 2. The van der Waals surface area contributed by atoms with Gasteiger partial charge >= 0.3 is 12.1 Å². The first-order valence-electron chi connectivity index (χ1n) is 12.4. The minimum absolute atomic E-state index is 0.0195. The van der Waals surface area contributed by atoms with Gasteiger partial charge < -0.3 is 20.1 Å². The lowest BCUT2D eigenvalue weighted by Gasteiger charge is -2.28. The van der Waals surface area contributed by atoms with Crippen LogP contribution in [0.25, 0.3) is 11.1 Å². The number of likely N-dealkylation sites (tertiary alicyclic amines) is 1. The number of rotatable bonds is 6. The SMILES string of the molecule is CC1(C)CN(C(=O)C(CC(=O)O)NC(=O)OCC2c3ccccc3-c3ccccc32)C2CCCC21. The molecular formula is C28H32N2O5. The summed E-state index contributed by atoms with van der Waals surface area (Å²) in [5, 5.41) is 12.0. The number of ether oxygens (including phenoxy) is 1. The summed E-state index contributed by atoms with van der Waals surface area (Å²) in [5.41, 5.74) is 4.41. The van der Waals surface area contributed by atoms with Crippen molar-refractivity contribution >= 4 is 18.0 Å². The van der Waals surface area contributed by atoms with E-state index in [1.165, 1.54) is 0 Å². The highest BCUT2D eigenvalue weighted by Gasteiger charge is 2.51. The predicted octanol–water partition coefficient (Wildman–Crippen LogP) is 4.41. The van der Waals surface area contributed by atoms with Crippen LogP contribution in [0, 0.1) is 11.3 Å². The molecule has 1 heterocycles. The molecule has 2 aromatic carbocycles. The van der Waals surface area contributed by atoms with Gasteiger partial charge in [-0.1, -0.05) is 68.8 Å². The second kappa shape index (κ2) is 9.02. The highest BCUT2D eigenvalue weighted by molar-refractivity contribution is 5.90. The number of fused-ring (bicyclic) bond motifs is 4. The molecule has 0 aromatic heterocycles. The van der Waals surface area contributed by atoms with E-state index in [0.29, 0.717) is 12.5 Å². The Kier molecular flexibility index (Phi) is 6.03. The lowest BCUT2D eigenvalue weighted by Crippen LogP contribution is -2.51. The predicted molar refractivity (Wildman–Crippen MR) is 131 cm³/mol. The molecule has 0 radical (unpaired) electrons. The Morgan fingerprint density at radius 2 is 1.69 bits per heavy atom. The quantitative estimate of drug-likeness (QED) is 0.644. The number of aliphatic carboxylic acids is 1. The van der Waals surface area contributed by atoms with Gasteiger partial charge in [0.05, 0.1) is 6.42 Å². The maximum Gasteiger partial charge on any atom is 0.407 e. The number of amides is 2. The number of carboxylic acids is 1. The summed E-state index contributed by atoms with van der Waals surface area (Å²) in [6, 6.07) is 15.0. The molecule has 0 spiro atoms. The van der Waals surface area contributed by atoms with Gasteiger partial charge in [0.25, 0.3) is 0 Å². The monoisotopic (exact) mass is 476 g/mol. The zero-order valence-corrected chi connectivity index (χ0v) is 20.2. The molecule has 3 atom stereocenters. The molecule has 1 aliphatic heterocycles. The molecule has 1 saturated heterocycles. The second-order valence-corrected chi connectivity index (χ2v) is 10.7. The topological polar surface area (TPSA) is 95.9 Å². The summed E-state index contributed by atoms with van der Waals surface area (Å²) in [6.07, 6.45) is 1.81. The zero-order valence-electron chi connectivity index (χ0n) is 20.2. The zero-order chi connectivity index (χ0) is 24.7. The van der Waals surface area contributed by atoms with Crippen LogP contribution in [0.15, 0.2) is 48.5 Å². The van der Waals surface area contributed by atoms with Gasteiger partial charge in [-0.3, -0.25) is 9.59 Å². The van der Waals surface area contributed by atoms with Crippen molar-refractivity contribution in [1.82, 2.24) is 10.2 Å². The highest BCUT2D eigenvalue weighted by Crippen LogP contribution is 2.49. The Bertz CT molecular complexity index is 1110. The number of hydrogen-bond donors (Lipinski definition) is 2. The van der Waals surface area contributed by atoms with Crippen LogP contribution in [0.3, 0.4) is 0 Å². The van der Waals surface area contributed by atoms with E-state index in [1.54, 1.807) is 4.90 Å². The van der Waals surface area contributed by atoms with Crippen LogP contribution >= 0.6 is 0 Å². The van der Waals surface area contributed by atoms with Crippen molar-refractivity contribution in [3.63, 3.8) is 0 Å². The van der Waals surface area contributed by atoms with Crippen molar-refractivity contribution in [1.29, 1.82) is 0 Å². The molecule has 2 aliphatic carbocycles. The standard InChI is InChI=1S/C28H32N2O5/c1-28(2)16-30(24-13-7-12-22(24)28)26(33)23(14-25(31)32)29-27(34)35-15-21-19-10-5-3-8-17(19)18-9-4-6-11-20(18)21/h3-6,8-11,21-24H,7,12-16H2,1-2H3,(H,29,34)(H,31,32). The van der Waals surface area contributed by atoms with Crippen molar-refractivity contribution in [2.75, 3.05) is 13.2 Å². The molecular weight excluding hydrogens is 444 g/mol. The molecule has 2 aromatic rings. The smallest absolute Gasteiger partial charge is 0.407 e. The number of alkyl carbamates (subject to hydrolysis) is 1. The molecule has 184 valence electrons. The largest absolute Gasteiger partial charge is 0.481 e. The van der Waals surface area contributed by atoms with Crippen molar-refractivity contribution in [2.45, 2.75) is 57.5 Å². The van der Waals surface area contributed by atoms with Crippen molar-refractivity contribution in [2.24, 2.45) is 11.3 Å². The maximum atomic E-state index is 13.4. The van der Waals surface area contributed by atoms with E-state index in [0.717, 1.165) is 41.5 Å². The van der Waals surface area contributed by atoms with Gasteiger partial charge in [0.15, 0.2) is 0 Å². The van der Waals surface area contributed by atoms with Gasteiger partial charge in [0.2, 0.25) is 5.91 Å². The first-order valence-corrected chi connectivity index (χ1v) is 12.4. The number of nitrogens with one attached hydrogen (secondary N) is 1. The van der Waals surface area contributed by atoms with E-state index < -0.39 is 24.5 Å². The van der Waals surface area contributed by atoms with Crippen molar-refractivity contribution in [3.05, 3.63) is 59.7 Å². The number of nitrogens with zero attached hydrogens (tertiary/aromatic N) is 1. The summed E-state index contributed by atoms with van der Waals surface area (Å²) in [7, 11) is 0. The van der Waals surface area contributed by atoms with Crippen LogP contribution < -0.4 is 5.32 Å². The summed E-state index contributed by atoms with van der Waals surface area (Å²) < 4.78 is 5.58. The normalized spacial score (nSPS) is 22.7. The van der Waals surface area contributed by atoms with Crippen LogP contribution in [0.2, 0.25) is 0 Å². The third-order valence-corrected chi connectivity index (χ3v) is 8.06. The Morgan fingerprint density at radius 1 is 1.06 bits per heavy atom. The minimum Gasteiger partial charge on any atom is -0.481 e. The molecule has 35 heavy (non-hydrogen) atoms. The van der Waals surface area contributed by atoms with Crippen LogP contribution in [-0.4, -0.2) is 53.2 Å². The van der Waals surface area contributed by atoms with E-state index in [4.69, 9.17) is 4.74 Å². The molecule has 7 heteroatoms. The van der Waals surface area contributed by atoms with Gasteiger partial charge in [-0.05, 0) is 46.4 Å². The number of carboxylic acid groups (broad SMARTS) is 1. The van der Waals surface area contributed by atoms with Gasteiger partial charge in [-0.2, -0.15) is 0 Å². The van der Waals surface area contributed by atoms with E-state index in [2.05, 4.69) is 31.3 Å². The lowest BCUT2D eigenvalue weighted by molar-refractivity contribution is -0.143. The third kappa shape index (κ3) is 4.28. The van der Waals surface area contributed by atoms with Gasteiger partial charge in [0.1, 0.15) is 12.6 Å². The average Bonchev–Trinajstić information content (AvgIpc) is 3.50. The first kappa shape index (κ1) is 23.4. The second-order valence-electron chi connectivity index (χ2n) is 10.7. The van der Waals surface area contributed by atoms with Crippen LogP contribution in [-0.2, 0) is 14.3 Å². The summed E-state index contributed by atoms with van der Waals surface area (Å²) in [6.45, 7) is 5.00. The number of carbonyl (C=O) groups excluding carboxylic acids is 2. The van der Waals surface area contributed by atoms with Gasteiger partial charge in [-0.15, -0.1) is 0 Å². The molecule has 2 N–H and O–H groups in total. The fourth-order valence-electron chi connectivity index (χ4n) is 6.50. The molecule has 5 rings (SSSR count). The van der Waals surface area contributed by atoms with Crippen LogP contribution in [0.4, 0.5) is 4.79 Å². The van der Waals surface area contributed by atoms with Crippen LogP contribution in [0.5, 0.6) is 0 Å². The van der Waals surface area contributed by atoms with Crippen molar-refractivity contribution < 1.29 is 24.2 Å². The fourth-order valence-corrected chi connectivity index (χ4v) is 6.50. The van der Waals surface area contributed by atoms with E-state index >= 15 is 0 Å². The Balaban J connectivity index is 1.28. The van der Waals surface area contributed by atoms with E-state index in [9.17, 15) is 19.5 Å². The van der Waals surface area contributed by atoms with Crippen LogP contribution in [0.1, 0.15) is 56.6 Å². The first-order chi connectivity index (χ1) is 16.8. The van der Waals surface area contributed by atoms with E-state index in [-0.39, 0.29) is 29.9 Å². The molecule has 0 bridgehead atoms. The summed E-state index contributed by atoms with van der Waals surface area (Å²) >= 11 is 0. The maximum absolute atomic E-state index is 13.4. The fraction of sp³-hybridized carbons (Fsp3) is 0.464. The molecule has 1 saturated carbocycles. The molecule has 3 aliphatic rings. The molecule has 7 nitrogen and oxygen atoms in total. The minimum atomic E-state index is -1.15. The summed E-state index contributed by atoms with van der Waals surface area (Å²) in [4.78, 5) is 39.6. The Morgan fingerprint density at radius 3 is 2.31 bits per heavy atom. The molecule has 3 unspecified atom stereocenters. The Hall–Kier alpha value is -3.35.